The van der Waals surface area contributed by atoms with Crippen LogP contribution in [0.25, 0.3) is 11.1 Å². The molecule has 0 unspecified atom stereocenters. The summed E-state index contributed by atoms with van der Waals surface area (Å²) in [6, 6.07) is 15.3. The predicted octanol–water partition coefficient (Wildman–Crippen LogP) is 4.06. The average molecular weight is 451 g/mol. The molecule has 2 amide bonds. The summed E-state index contributed by atoms with van der Waals surface area (Å²) in [4.78, 5) is 36.5. The van der Waals surface area contributed by atoms with Crippen molar-refractivity contribution in [2.45, 2.75) is 57.0 Å². The van der Waals surface area contributed by atoms with E-state index in [9.17, 15) is 14.4 Å². The van der Waals surface area contributed by atoms with E-state index in [1.807, 2.05) is 31.2 Å². The van der Waals surface area contributed by atoms with Gasteiger partial charge in [-0.3, -0.25) is 9.59 Å². The van der Waals surface area contributed by atoms with Crippen LogP contribution in [-0.4, -0.2) is 41.8 Å². The molecular formula is C26H30N2O5. The number of carboxylic acids is 1. The van der Waals surface area contributed by atoms with Gasteiger partial charge in [0, 0.05) is 12.0 Å². The zero-order chi connectivity index (χ0) is 23.4. The fourth-order valence-corrected chi connectivity index (χ4v) is 4.98. The molecule has 0 heterocycles. The molecule has 0 aliphatic heterocycles. The number of carbonyl (C=O) groups is 3. The minimum atomic E-state index is -0.825. The molecule has 7 nitrogen and oxygen atoms in total. The van der Waals surface area contributed by atoms with Gasteiger partial charge in [-0.05, 0) is 47.9 Å². The zero-order valence-electron chi connectivity index (χ0n) is 18.8. The maximum atomic E-state index is 12.8. The lowest BCUT2D eigenvalue weighted by Gasteiger charge is -2.21. The molecule has 1 saturated carbocycles. The number of carboxylic acid groups (broad SMARTS) is 1. The van der Waals surface area contributed by atoms with Crippen LogP contribution in [0.3, 0.4) is 0 Å². The van der Waals surface area contributed by atoms with Gasteiger partial charge in [-0.1, -0.05) is 61.9 Å². The highest BCUT2D eigenvalue weighted by Crippen LogP contribution is 2.44. The molecule has 3 N–H and O–H groups in total. The third kappa shape index (κ3) is 5.02. The molecule has 7 heteroatoms. The quantitative estimate of drug-likeness (QED) is 0.563. The fourth-order valence-electron chi connectivity index (χ4n) is 4.98. The number of carbonyl (C=O) groups excluding carboxylic acids is 2. The van der Waals surface area contributed by atoms with E-state index in [-0.39, 0.29) is 24.5 Å². The predicted molar refractivity (Wildman–Crippen MR) is 124 cm³/mol. The van der Waals surface area contributed by atoms with E-state index in [0.717, 1.165) is 22.3 Å². The van der Waals surface area contributed by atoms with Gasteiger partial charge in [-0.2, -0.15) is 0 Å². The van der Waals surface area contributed by atoms with Crippen LogP contribution in [0.5, 0.6) is 0 Å². The molecule has 1 fully saturated rings. The number of fused-ring (bicyclic) bond motifs is 3. The van der Waals surface area contributed by atoms with Gasteiger partial charge in [0.05, 0.1) is 5.92 Å². The van der Waals surface area contributed by atoms with Crippen molar-refractivity contribution >= 4 is 18.0 Å². The normalized spacial score (nSPS) is 19.9. The van der Waals surface area contributed by atoms with Crippen molar-refractivity contribution < 1.29 is 24.2 Å². The fraction of sp³-hybridized carbons (Fsp3) is 0.423. The minimum absolute atomic E-state index is 0.0481. The summed E-state index contributed by atoms with van der Waals surface area (Å²) in [6.07, 6.45) is 2.17. The third-order valence-corrected chi connectivity index (χ3v) is 6.66. The third-order valence-electron chi connectivity index (χ3n) is 6.66. The first kappa shape index (κ1) is 22.8. The summed E-state index contributed by atoms with van der Waals surface area (Å²) in [7, 11) is 0. The number of hydrogen-bond donors (Lipinski definition) is 3. The second-order valence-corrected chi connectivity index (χ2v) is 8.86. The van der Waals surface area contributed by atoms with E-state index >= 15 is 0 Å². The van der Waals surface area contributed by atoms with Crippen LogP contribution in [0.15, 0.2) is 48.5 Å². The first-order valence-corrected chi connectivity index (χ1v) is 11.6. The SMILES string of the molecule is CCC[C@H](NC(=O)OCC1c2ccccc2-c2ccccc21)C(=O)N[C@H]1CC[C@@H](C(=O)O)C1. The molecular weight excluding hydrogens is 420 g/mol. The molecule has 4 rings (SSSR count). The maximum absolute atomic E-state index is 12.8. The van der Waals surface area contributed by atoms with Gasteiger partial charge in [0.1, 0.15) is 12.6 Å². The molecule has 0 bridgehead atoms. The standard InChI is InChI=1S/C26H30N2O5/c1-2-7-23(24(29)27-17-13-12-16(14-17)25(30)31)28-26(32)33-15-22-20-10-5-3-8-18(20)19-9-4-6-11-21(19)22/h3-6,8-11,16-17,22-23H,2,7,12-15H2,1H3,(H,27,29)(H,28,32)(H,30,31)/t16-,17+,23+/m1/s1. The van der Waals surface area contributed by atoms with E-state index in [2.05, 4.69) is 34.9 Å². The summed E-state index contributed by atoms with van der Waals surface area (Å²) < 4.78 is 5.58. The van der Waals surface area contributed by atoms with E-state index in [1.165, 1.54) is 0 Å². The van der Waals surface area contributed by atoms with Gasteiger partial charge in [0.2, 0.25) is 5.91 Å². The molecule has 2 aromatic rings. The number of amides is 2. The highest BCUT2D eigenvalue weighted by Gasteiger charge is 2.33. The van der Waals surface area contributed by atoms with Crippen molar-refractivity contribution in [3.63, 3.8) is 0 Å². The van der Waals surface area contributed by atoms with E-state index < -0.39 is 24.0 Å². The Labute approximate surface area is 193 Å². The second-order valence-electron chi connectivity index (χ2n) is 8.86. The Morgan fingerprint density at radius 2 is 1.67 bits per heavy atom. The molecule has 33 heavy (non-hydrogen) atoms. The monoisotopic (exact) mass is 450 g/mol. The van der Waals surface area contributed by atoms with Crippen LogP contribution in [-0.2, 0) is 14.3 Å². The first-order valence-electron chi connectivity index (χ1n) is 11.6. The van der Waals surface area contributed by atoms with Crippen molar-refractivity contribution in [1.82, 2.24) is 10.6 Å². The highest BCUT2D eigenvalue weighted by molar-refractivity contribution is 5.86. The van der Waals surface area contributed by atoms with Crippen LogP contribution < -0.4 is 10.6 Å². The van der Waals surface area contributed by atoms with E-state index in [1.54, 1.807) is 0 Å². The van der Waals surface area contributed by atoms with Crippen molar-refractivity contribution in [2.75, 3.05) is 6.61 Å². The van der Waals surface area contributed by atoms with Crippen LogP contribution in [0.1, 0.15) is 56.1 Å². The number of rotatable bonds is 8. The largest absolute Gasteiger partial charge is 0.481 e. The molecule has 2 aliphatic rings. The summed E-state index contributed by atoms with van der Waals surface area (Å²) in [5, 5.41) is 14.8. The van der Waals surface area contributed by atoms with Gasteiger partial charge in [-0.25, -0.2) is 4.79 Å². The summed E-state index contributed by atoms with van der Waals surface area (Å²) in [5.74, 6) is -1.59. The van der Waals surface area contributed by atoms with Crippen LogP contribution in [0.2, 0.25) is 0 Å². The van der Waals surface area contributed by atoms with Crippen molar-refractivity contribution in [2.24, 2.45) is 5.92 Å². The molecule has 2 aromatic carbocycles. The summed E-state index contributed by atoms with van der Waals surface area (Å²) in [6.45, 7) is 2.12. The molecule has 174 valence electrons. The van der Waals surface area contributed by atoms with Crippen LogP contribution in [0.4, 0.5) is 4.79 Å². The Balaban J connectivity index is 1.35. The lowest BCUT2D eigenvalue weighted by Crippen LogP contribution is -2.49. The number of alkyl carbamates (subject to hydrolysis) is 1. The van der Waals surface area contributed by atoms with Crippen LogP contribution in [0, 0.1) is 5.92 Å². The molecule has 0 aromatic heterocycles. The van der Waals surface area contributed by atoms with Gasteiger partial charge >= 0.3 is 12.1 Å². The van der Waals surface area contributed by atoms with E-state index in [4.69, 9.17) is 9.84 Å². The van der Waals surface area contributed by atoms with Crippen molar-refractivity contribution in [3.8, 4) is 11.1 Å². The van der Waals surface area contributed by atoms with Crippen LogP contribution >= 0.6 is 0 Å². The molecule has 0 spiro atoms. The van der Waals surface area contributed by atoms with Gasteiger partial charge < -0.3 is 20.5 Å². The summed E-state index contributed by atoms with van der Waals surface area (Å²) in [5.41, 5.74) is 4.57. The lowest BCUT2D eigenvalue weighted by molar-refractivity contribution is -0.141. The number of ether oxygens (including phenoxy) is 1. The Kier molecular flexibility index (Phi) is 6.96. The second kappa shape index (κ2) is 10.1. The molecule has 2 aliphatic carbocycles. The number of benzene rings is 2. The van der Waals surface area contributed by atoms with E-state index in [0.29, 0.717) is 32.1 Å². The minimum Gasteiger partial charge on any atom is -0.481 e. The number of hydrogen-bond acceptors (Lipinski definition) is 4. The summed E-state index contributed by atoms with van der Waals surface area (Å²) >= 11 is 0. The number of nitrogens with one attached hydrogen (secondary N) is 2. The maximum Gasteiger partial charge on any atom is 0.407 e. The average Bonchev–Trinajstić information content (AvgIpc) is 3.40. The topological polar surface area (TPSA) is 105 Å². The number of aliphatic carboxylic acids is 1. The van der Waals surface area contributed by atoms with Gasteiger partial charge in [0.25, 0.3) is 0 Å². The molecule has 0 radical (unpaired) electrons. The smallest absolute Gasteiger partial charge is 0.407 e. The van der Waals surface area contributed by atoms with Crippen molar-refractivity contribution in [3.05, 3.63) is 59.7 Å². The molecule has 0 saturated heterocycles. The Morgan fingerprint density at radius 3 is 2.24 bits per heavy atom. The Hall–Kier alpha value is -3.35. The van der Waals surface area contributed by atoms with Gasteiger partial charge in [-0.15, -0.1) is 0 Å². The zero-order valence-corrected chi connectivity index (χ0v) is 18.8. The highest BCUT2D eigenvalue weighted by atomic mass is 16.5. The first-order chi connectivity index (χ1) is 16.0. The molecule has 3 atom stereocenters. The van der Waals surface area contributed by atoms with Gasteiger partial charge in [0.15, 0.2) is 0 Å². The van der Waals surface area contributed by atoms with Crippen molar-refractivity contribution in [1.29, 1.82) is 0 Å². The Bertz CT molecular complexity index is 991. The Morgan fingerprint density at radius 1 is 1.03 bits per heavy atom. The lowest BCUT2D eigenvalue weighted by atomic mass is 9.98.